The second kappa shape index (κ2) is 9.38. The average Bonchev–Trinajstić information content (AvgIpc) is 2.68. The Labute approximate surface area is 158 Å². The maximum atomic E-state index is 12.6. The molecule has 4 amide bonds. The minimum atomic E-state index is -1.05. The molecule has 1 N–H and O–H groups in total. The van der Waals surface area contributed by atoms with Crippen molar-refractivity contribution in [3.63, 3.8) is 0 Å². The third-order valence-electron chi connectivity index (χ3n) is 4.66. The highest BCUT2D eigenvalue weighted by Gasteiger charge is 2.39. The number of barbiturate groups is 1. The Bertz CT molecular complexity index is 701. The summed E-state index contributed by atoms with van der Waals surface area (Å²) < 4.78 is 5.29. The van der Waals surface area contributed by atoms with E-state index >= 15 is 0 Å². The fraction of sp³-hybridized carbons (Fsp3) is 0.474. The minimum absolute atomic E-state index is 0.222. The van der Waals surface area contributed by atoms with Crippen LogP contribution in [0, 0.1) is 5.92 Å². The predicted octanol–water partition coefficient (Wildman–Crippen LogP) is 0.327. The molecule has 8 nitrogen and oxygen atoms in total. The van der Waals surface area contributed by atoms with Gasteiger partial charge in [-0.05, 0) is 12.0 Å². The Morgan fingerprint density at radius 1 is 1.11 bits per heavy atom. The van der Waals surface area contributed by atoms with Crippen LogP contribution in [-0.2, 0) is 20.7 Å². The molecule has 1 atom stereocenters. The van der Waals surface area contributed by atoms with E-state index in [-0.39, 0.29) is 6.54 Å². The van der Waals surface area contributed by atoms with Gasteiger partial charge in [-0.25, -0.2) is 4.79 Å². The van der Waals surface area contributed by atoms with E-state index in [4.69, 9.17) is 4.74 Å². The van der Waals surface area contributed by atoms with Gasteiger partial charge in [0.15, 0.2) is 5.92 Å². The number of amides is 4. The van der Waals surface area contributed by atoms with Crippen molar-refractivity contribution in [2.75, 3.05) is 45.9 Å². The number of morpholine rings is 1. The first-order valence-electron chi connectivity index (χ1n) is 9.15. The SMILES string of the molecule is O=C1NC(=O)N(CCc2ccccc2)C(=O)[C@H]1C=NCCN1CCOCC1. The van der Waals surface area contributed by atoms with E-state index in [0.29, 0.717) is 26.2 Å². The zero-order valence-electron chi connectivity index (χ0n) is 15.2. The van der Waals surface area contributed by atoms with Crippen LogP contribution in [-0.4, -0.2) is 79.8 Å². The quantitative estimate of drug-likeness (QED) is 0.550. The lowest BCUT2D eigenvalue weighted by Crippen LogP contribution is -2.58. The van der Waals surface area contributed by atoms with E-state index in [2.05, 4.69) is 15.2 Å². The number of ether oxygens (including phenoxy) is 1. The maximum Gasteiger partial charge on any atom is 0.330 e. The highest BCUT2D eigenvalue weighted by molar-refractivity contribution is 6.23. The summed E-state index contributed by atoms with van der Waals surface area (Å²) in [5, 5.41) is 2.25. The van der Waals surface area contributed by atoms with Crippen molar-refractivity contribution in [1.29, 1.82) is 0 Å². The summed E-state index contributed by atoms with van der Waals surface area (Å²) in [6.07, 6.45) is 1.90. The van der Waals surface area contributed by atoms with Gasteiger partial charge in [0, 0.05) is 32.4 Å². The molecule has 2 aliphatic heterocycles. The number of nitrogens with zero attached hydrogens (tertiary/aromatic N) is 3. The van der Waals surface area contributed by atoms with Crippen LogP contribution in [0.3, 0.4) is 0 Å². The van der Waals surface area contributed by atoms with E-state index in [1.807, 2.05) is 30.3 Å². The summed E-state index contributed by atoms with van der Waals surface area (Å²) in [6.45, 7) is 4.62. The number of benzene rings is 1. The summed E-state index contributed by atoms with van der Waals surface area (Å²) in [7, 11) is 0. The van der Waals surface area contributed by atoms with Crippen molar-refractivity contribution in [1.82, 2.24) is 15.1 Å². The number of rotatable bonds is 7. The summed E-state index contributed by atoms with van der Waals surface area (Å²) in [5.74, 6) is -2.19. The van der Waals surface area contributed by atoms with Crippen molar-refractivity contribution in [3.05, 3.63) is 35.9 Å². The van der Waals surface area contributed by atoms with Gasteiger partial charge in [-0.1, -0.05) is 30.3 Å². The first-order chi connectivity index (χ1) is 13.1. The average molecular weight is 372 g/mol. The summed E-state index contributed by atoms with van der Waals surface area (Å²) in [4.78, 5) is 44.2. The Morgan fingerprint density at radius 3 is 2.59 bits per heavy atom. The number of nitrogens with one attached hydrogen (secondary N) is 1. The molecule has 27 heavy (non-hydrogen) atoms. The van der Waals surface area contributed by atoms with Gasteiger partial charge in [-0.2, -0.15) is 0 Å². The van der Waals surface area contributed by atoms with Crippen LogP contribution in [0.15, 0.2) is 35.3 Å². The van der Waals surface area contributed by atoms with Crippen LogP contribution >= 0.6 is 0 Å². The number of urea groups is 1. The molecule has 1 aromatic rings. The molecule has 0 spiro atoms. The predicted molar refractivity (Wildman–Crippen MR) is 99.5 cm³/mol. The first-order valence-corrected chi connectivity index (χ1v) is 9.15. The van der Waals surface area contributed by atoms with Gasteiger partial charge < -0.3 is 4.74 Å². The Kier molecular flexibility index (Phi) is 6.67. The zero-order valence-corrected chi connectivity index (χ0v) is 15.2. The molecule has 2 heterocycles. The van der Waals surface area contributed by atoms with E-state index in [9.17, 15) is 14.4 Å². The molecule has 144 valence electrons. The van der Waals surface area contributed by atoms with Crippen LogP contribution in [0.5, 0.6) is 0 Å². The van der Waals surface area contributed by atoms with Crippen molar-refractivity contribution < 1.29 is 19.1 Å². The van der Waals surface area contributed by atoms with E-state index in [1.54, 1.807) is 0 Å². The fourth-order valence-electron chi connectivity index (χ4n) is 3.06. The van der Waals surface area contributed by atoms with Gasteiger partial charge in [0.2, 0.25) is 11.8 Å². The zero-order chi connectivity index (χ0) is 19.1. The normalized spacial score (nSPS) is 21.7. The molecule has 2 aliphatic rings. The van der Waals surface area contributed by atoms with Crippen molar-refractivity contribution in [2.45, 2.75) is 6.42 Å². The van der Waals surface area contributed by atoms with Gasteiger partial charge in [-0.15, -0.1) is 0 Å². The molecule has 8 heteroatoms. The highest BCUT2D eigenvalue weighted by Crippen LogP contribution is 2.11. The molecular weight excluding hydrogens is 348 g/mol. The van der Waals surface area contributed by atoms with Crippen molar-refractivity contribution >= 4 is 24.1 Å². The molecule has 0 aliphatic carbocycles. The van der Waals surface area contributed by atoms with Gasteiger partial charge in [0.25, 0.3) is 0 Å². The van der Waals surface area contributed by atoms with Crippen molar-refractivity contribution in [3.8, 4) is 0 Å². The Morgan fingerprint density at radius 2 is 1.85 bits per heavy atom. The standard InChI is InChI=1S/C19H24N4O4/c24-17-16(14-20-7-9-22-10-12-27-13-11-22)18(25)23(19(26)21-17)8-6-15-4-2-1-3-5-15/h1-5,14,16H,6-13H2,(H,21,24,26)/t16-/m0/s1. The molecule has 0 radical (unpaired) electrons. The number of aliphatic imine (C=N–C) groups is 1. The van der Waals surface area contributed by atoms with Crippen molar-refractivity contribution in [2.24, 2.45) is 10.9 Å². The largest absolute Gasteiger partial charge is 0.379 e. The third kappa shape index (κ3) is 5.21. The van der Waals surface area contributed by atoms with Crippen LogP contribution in [0.25, 0.3) is 0 Å². The number of hydrogen-bond donors (Lipinski definition) is 1. The van der Waals surface area contributed by atoms with Gasteiger partial charge >= 0.3 is 6.03 Å². The second-order valence-corrected chi connectivity index (χ2v) is 6.51. The number of imide groups is 2. The Balaban J connectivity index is 1.54. The fourth-order valence-corrected chi connectivity index (χ4v) is 3.06. The topological polar surface area (TPSA) is 91.3 Å². The highest BCUT2D eigenvalue weighted by atomic mass is 16.5. The summed E-state index contributed by atoms with van der Waals surface area (Å²) >= 11 is 0. The Hall–Kier alpha value is -2.58. The first kappa shape index (κ1) is 19.2. The molecule has 3 rings (SSSR count). The lowest BCUT2D eigenvalue weighted by atomic mass is 10.1. The van der Waals surface area contributed by atoms with E-state index < -0.39 is 23.8 Å². The number of carbonyl (C=O) groups excluding carboxylic acids is 3. The van der Waals surface area contributed by atoms with E-state index in [0.717, 1.165) is 30.1 Å². The van der Waals surface area contributed by atoms with Crippen LogP contribution in [0.1, 0.15) is 5.56 Å². The lowest BCUT2D eigenvalue weighted by molar-refractivity contribution is -0.139. The van der Waals surface area contributed by atoms with Gasteiger partial charge in [0.1, 0.15) is 0 Å². The summed E-state index contributed by atoms with van der Waals surface area (Å²) in [5.41, 5.74) is 1.02. The second-order valence-electron chi connectivity index (χ2n) is 6.51. The molecule has 1 aromatic carbocycles. The van der Waals surface area contributed by atoms with Gasteiger partial charge in [0.05, 0.1) is 19.8 Å². The van der Waals surface area contributed by atoms with Gasteiger partial charge in [-0.3, -0.25) is 29.7 Å². The third-order valence-corrected chi connectivity index (χ3v) is 4.66. The minimum Gasteiger partial charge on any atom is -0.379 e. The lowest BCUT2D eigenvalue weighted by Gasteiger charge is -2.28. The summed E-state index contributed by atoms with van der Waals surface area (Å²) in [6, 6.07) is 8.91. The monoisotopic (exact) mass is 372 g/mol. The van der Waals surface area contributed by atoms with Crippen LogP contribution < -0.4 is 5.32 Å². The smallest absolute Gasteiger partial charge is 0.330 e. The molecule has 2 fully saturated rings. The molecular formula is C19H24N4O4. The molecule has 0 aromatic heterocycles. The molecule has 2 saturated heterocycles. The number of carbonyl (C=O) groups is 3. The van der Waals surface area contributed by atoms with Crippen LogP contribution in [0.4, 0.5) is 4.79 Å². The number of hydrogen-bond acceptors (Lipinski definition) is 6. The van der Waals surface area contributed by atoms with Crippen LogP contribution in [0.2, 0.25) is 0 Å². The molecule has 0 saturated carbocycles. The molecule has 0 unspecified atom stereocenters. The van der Waals surface area contributed by atoms with E-state index in [1.165, 1.54) is 6.21 Å². The molecule has 0 bridgehead atoms. The maximum absolute atomic E-state index is 12.6.